The van der Waals surface area contributed by atoms with Crippen LogP contribution in [-0.4, -0.2) is 61.6 Å². The van der Waals surface area contributed by atoms with Crippen molar-refractivity contribution in [2.24, 2.45) is 0 Å². The van der Waals surface area contributed by atoms with Gasteiger partial charge < -0.3 is 24.8 Å². The molecule has 37 heavy (non-hydrogen) atoms. The zero-order chi connectivity index (χ0) is 26.9. The molecule has 1 fully saturated rings. The van der Waals surface area contributed by atoms with E-state index < -0.39 is 59.6 Å². The first kappa shape index (κ1) is 27.1. The van der Waals surface area contributed by atoms with Crippen molar-refractivity contribution in [3.8, 4) is 5.75 Å². The number of nitrogens with one attached hydrogen (secondary N) is 1. The molecule has 200 valence electrons. The molecule has 2 aliphatic rings. The molecule has 0 spiro atoms. The van der Waals surface area contributed by atoms with E-state index in [1.165, 1.54) is 0 Å². The number of carbonyl (C=O) groups is 2. The first-order valence-electron chi connectivity index (χ1n) is 11.3. The van der Waals surface area contributed by atoms with E-state index in [0.717, 1.165) is 10.5 Å². The Bertz CT molecular complexity index is 1190. The van der Waals surface area contributed by atoms with Crippen molar-refractivity contribution in [3.63, 3.8) is 0 Å². The molecule has 2 heterocycles. The van der Waals surface area contributed by atoms with Crippen LogP contribution in [0.4, 0.5) is 27.6 Å². The van der Waals surface area contributed by atoms with Gasteiger partial charge in [-0.25, -0.2) is 13.6 Å². The predicted octanol–water partition coefficient (Wildman–Crippen LogP) is 4.25. The van der Waals surface area contributed by atoms with E-state index in [1.807, 2.05) is 0 Å². The highest BCUT2D eigenvalue weighted by Crippen LogP contribution is 2.36. The number of halogens is 6. The Morgan fingerprint density at radius 2 is 1.89 bits per heavy atom. The Hall–Kier alpha value is -2.93. The average Bonchev–Trinajstić information content (AvgIpc) is 2.84. The van der Waals surface area contributed by atoms with Crippen molar-refractivity contribution in [1.29, 1.82) is 0 Å². The van der Waals surface area contributed by atoms with Crippen LogP contribution in [0.25, 0.3) is 0 Å². The van der Waals surface area contributed by atoms with E-state index in [9.17, 15) is 36.6 Å². The minimum absolute atomic E-state index is 0.0802. The van der Waals surface area contributed by atoms with E-state index in [0.29, 0.717) is 47.4 Å². The van der Waals surface area contributed by atoms with Crippen molar-refractivity contribution in [1.82, 2.24) is 5.32 Å². The van der Waals surface area contributed by atoms with E-state index in [-0.39, 0.29) is 19.6 Å². The molecule has 0 aromatic heterocycles. The molecule has 2 aromatic rings. The third-order valence-electron chi connectivity index (χ3n) is 6.25. The van der Waals surface area contributed by atoms with Gasteiger partial charge in [-0.1, -0.05) is 6.07 Å². The summed E-state index contributed by atoms with van der Waals surface area (Å²) in [4.78, 5) is 25.4. The summed E-state index contributed by atoms with van der Waals surface area (Å²) < 4.78 is 81.1. The number of morpholine rings is 1. The van der Waals surface area contributed by atoms with Crippen LogP contribution in [0, 0.1) is 11.6 Å². The third-order valence-corrected chi connectivity index (χ3v) is 6.87. The zero-order valence-corrected chi connectivity index (χ0v) is 20.8. The number of aliphatic carboxylic acids is 1. The van der Waals surface area contributed by atoms with E-state index in [2.05, 4.69) is 21.2 Å². The van der Waals surface area contributed by atoms with Crippen molar-refractivity contribution >= 4 is 33.5 Å². The fraction of sp³-hybridized carbons (Fsp3) is 0.417. The Labute approximate surface area is 216 Å². The molecule has 0 saturated carbocycles. The van der Waals surface area contributed by atoms with Crippen molar-refractivity contribution in [2.45, 2.75) is 37.5 Å². The summed E-state index contributed by atoms with van der Waals surface area (Å²) in [5, 5.41) is 11.8. The number of carbonyl (C=O) groups excluding carboxylic acids is 1. The Kier molecular flexibility index (Phi) is 7.93. The van der Waals surface area contributed by atoms with E-state index in [4.69, 9.17) is 9.47 Å². The van der Waals surface area contributed by atoms with Crippen LogP contribution in [0.5, 0.6) is 5.75 Å². The molecule has 2 N–H and O–H groups in total. The number of alkyl halides is 3. The van der Waals surface area contributed by atoms with Gasteiger partial charge in [-0.15, -0.1) is 0 Å². The number of carboxylic acid groups (broad SMARTS) is 1. The number of fused-ring (bicyclic) bond motifs is 1. The summed E-state index contributed by atoms with van der Waals surface area (Å²) in [5.41, 5.74) is -0.138. The Balaban J connectivity index is 1.57. The van der Waals surface area contributed by atoms with Gasteiger partial charge in [0.05, 0.1) is 24.3 Å². The molecule has 7 nitrogen and oxygen atoms in total. The van der Waals surface area contributed by atoms with Crippen LogP contribution in [0.15, 0.2) is 28.7 Å². The number of hydrogen-bond donors (Lipinski definition) is 2. The van der Waals surface area contributed by atoms with Gasteiger partial charge in [-0.2, -0.15) is 13.2 Å². The van der Waals surface area contributed by atoms with Gasteiger partial charge in [-0.05, 0) is 58.1 Å². The highest BCUT2D eigenvalue weighted by molar-refractivity contribution is 9.10. The third kappa shape index (κ3) is 5.82. The monoisotopic (exact) mass is 592 g/mol. The molecule has 13 heteroatoms. The standard InChI is InChI=1S/C24H22BrF5N2O5/c25-15-4-3-12(14-2-1-6-37-21(14)15)8-18(23(34)35)31-22(33)20-16(26)9-13(10-17(20)27)32-5-7-36-11-19(32)24(28,29)30/h3-4,9-10,18-19H,1-2,5-8,11H2,(H,31,33)(H,34,35)/t18?,19-/m1/s1. The molecule has 2 aliphatic heterocycles. The van der Waals surface area contributed by atoms with Gasteiger partial charge in [0.15, 0.2) is 0 Å². The minimum Gasteiger partial charge on any atom is -0.492 e. The molecule has 4 rings (SSSR count). The number of rotatable bonds is 6. The fourth-order valence-corrected chi connectivity index (χ4v) is 4.95. The summed E-state index contributed by atoms with van der Waals surface area (Å²) in [7, 11) is 0. The second-order valence-electron chi connectivity index (χ2n) is 8.64. The van der Waals surface area contributed by atoms with Gasteiger partial charge in [0.25, 0.3) is 5.91 Å². The molecule has 0 aliphatic carbocycles. The number of anilines is 1. The molecule has 0 bridgehead atoms. The number of benzene rings is 2. The van der Waals surface area contributed by atoms with Gasteiger partial charge >= 0.3 is 12.1 Å². The van der Waals surface area contributed by atoms with E-state index >= 15 is 0 Å². The average molecular weight is 593 g/mol. The first-order chi connectivity index (χ1) is 17.5. The SMILES string of the molecule is O=C(NC(Cc1ccc(Br)c2c1CCCO2)C(=O)O)c1c(F)cc(N2CCOC[C@@H]2C(F)(F)F)cc1F. The number of nitrogens with zero attached hydrogens (tertiary/aromatic N) is 1. The van der Waals surface area contributed by atoms with Gasteiger partial charge in [-0.3, -0.25) is 4.79 Å². The topological polar surface area (TPSA) is 88.1 Å². The second kappa shape index (κ2) is 10.8. The lowest BCUT2D eigenvalue weighted by atomic mass is 9.95. The number of ether oxygens (including phenoxy) is 2. The van der Waals surface area contributed by atoms with Crippen LogP contribution in [0.2, 0.25) is 0 Å². The smallest absolute Gasteiger partial charge is 0.411 e. The Morgan fingerprint density at radius 3 is 2.54 bits per heavy atom. The lowest BCUT2D eigenvalue weighted by molar-refractivity contribution is -0.167. The molecule has 0 radical (unpaired) electrons. The van der Waals surface area contributed by atoms with Crippen LogP contribution in [-0.2, 0) is 22.4 Å². The number of hydrogen-bond acceptors (Lipinski definition) is 5. The Morgan fingerprint density at radius 1 is 1.19 bits per heavy atom. The number of carboxylic acids is 1. The van der Waals surface area contributed by atoms with Gasteiger partial charge in [0.1, 0.15) is 35.0 Å². The predicted molar refractivity (Wildman–Crippen MR) is 125 cm³/mol. The first-order valence-corrected chi connectivity index (χ1v) is 12.1. The molecular formula is C24H22BrF5N2O5. The number of amides is 1. The lowest BCUT2D eigenvalue weighted by Crippen LogP contribution is -2.53. The fourth-order valence-electron chi connectivity index (χ4n) is 4.46. The molecule has 1 saturated heterocycles. The highest BCUT2D eigenvalue weighted by Gasteiger charge is 2.46. The maximum atomic E-state index is 14.9. The summed E-state index contributed by atoms with van der Waals surface area (Å²) >= 11 is 3.38. The minimum atomic E-state index is -4.71. The molecule has 2 aromatic carbocycles. The highest BCUT2D eigenvalue weighted by atomic mass is 79.9. The van der Waals surface area contributed by atoms with Crippen LogP contribution >= 0.6 is 15.9 Å². The molecule has 1 amide bonds. The summed E-state index contributed by atoms with van der Waals surface area (Å²) in [5.74, 6) is -5.03. The van der Waals surface area contributed by atoms with Crippen molar-refractivity contribution in [3.05, 3.63) is 57.1 Å². The maximum absolute atomic E-state index is 14.9. The normalized spacial score (nSPS) is 18.5. The van der Waals surface area contributed by atoms with Gasteiger partial charge in [0.2, 0.25) is 0 Å². The zero-order valence-electron chi connectivity index (χ0n) is 19.2. The van der Waals surface area contributed by atoms with Crippen molar-refractivity contribution < 1.29 is 46.1 Å². The quantitative estimate of drug-likeness (QED) is 0.488. The summed E-state index contributed by atoms with van der Waals surface area (Å²) in [6.45, 7) is -0.559. The molecular weight excluding hydrogens is 571 g/mol. The summed E-state index contributed by atoms with van der Waals surface area (Å²) in [6.07, 6.45) is -3.56. The van der Waals surface area contributed by atoms with E-state index in [1.54, 1.807) is 12.1 Å². The maximum Gasteiger partial charge on any atom is 0.411 e. The van der Waals surface area contributed by atoms with Crippen LogP contribution < -0.4 is 15.0 Å². The molecule has 2 atom stereocenters. The van der Waals surface area contributed by atoms with Crippen molar-refractivity contribution in [2.75, 3.05) is 31.3 Å². The second-order valence-corrected chi connectivity index (χ2v) is 9.50. The molecule has 1 unspecified atom stereocenters. The summed E-state index contributed by atoms with van der Waals surface area (Å²) in [6, 6.07) is 0.956. The van der Waals surface area contributed by atoms with Gasteiger partial charge in [0, 0.05) is 18.7 Å². The van der Waals surface area contributed by atoms with Crippen LogP contribution in [0.3, 0.4) is 0 Å². The largest absolute Gasteiger partial charge is 0.492 e. The van der Waals surface area contributed by atoms with Crippen LogP contribution in [0.1, 0.15) is 27.9 Å². The lowest BCUT2D eigenvalue weighted by Gasteiger charge is -2.38.